The van der Waals surface area contributed by atoms with Crippen LogP contribution in [0.5, 0.6) is 5.75 Å². The Morgan fingerprint density at radius 1 is 1.17 bits per heavy atom. The van der Waals surface area contributed by atoms with Crippen LogP contribution in [0.4, 0.5) is 0 Å². The largest absolute Gasteiger partial charge is 0.496 e. The maximum absolute atomic E-state index is 5.40. The smallest absolute Gasteiger partial charge is 0.122 e. The van der Waals surface area contributed by atoms with Gasteiger partial charge in [-0.3, -0.25) is 0 Å². The van der Waals surface area contributed by atoms with Gasteiger partial charge in [0.25, 0.3) is 0 Å². The van der Waals surface area contributed by atoms with Crippen molar-refractivity contribution in [2.24, 2.45) is 0 Å². The summed E-state index contributed by atoms with van der Waals surface area (Å²) >= 11 is 0. The van der Waals surface area contributed by atoms with Crippen LogP contribution in [0.3, 0.4) is 0 Å². The van der Waals surface area contributed by atoms with Gasteiger partial charge in [0, 0.05) is 13.1 Å². The number of ether oxygens (including phenoxy) is 1. The highest BCUT2D eigenvalue weighted by Crippen LogP contribution is 2.27. The normalized spacial score (nSPS) is 10.9. The van der Waals surface area contributed by atoms with Gasteiger partial charge in [0.2, 0.25) is 0 Å². The van der Waals surface area contributed by atoms with Crippen LogP contribution in [0.25, 0.3) is 0 Å². The van der Waals surface area contributed by atoms with Gasteiger partial charge in [-0.15, -0.1) is 0 Å². The molecule has 0 unspecified atom stereocenters. The molecule has 0 heterocycles. The fourth-order valence-corrected chi connectivity index (χ4v) is 1.96. The molecule has 0 amide bonds. The van der Waals surface area contributed by atoms with E-state index in [0.29, 0.717) is 5.92 Å². The van der Waals surface area contributed by atoms with Crippen molar-refractivity contribution in [2.75, 3.05) is 33.8 Å². The number of nitrogens with one attached hydrogen (secondary N) is 2. The van der Waals surface area contributed by atoms with Gasteiger partial charge >= 0.3 is 0 Å². The Morgan fingerprint density at radius 2 is 1.94 bits per heavy atom. The molecular weight excluding hydrogens is 224 g/mol. The summed E-state index contributed by atoms with van der Waals surface area (Å²) in [5, 5.41) is 6.54. The maximum Gasteiger partial charge on any atom is 0.122 e. The summed E-state index contributed by atoms with van der Waals surface area (Å²) in [5.41, 5.74) is 2.67. The zero-order chi connectivity index (χ0) is 13.4. The molecule has 1 aromatic rings. The fraction of sp³-hybridized carbons (Fsp3) is 0.600. The third kappa shape index (κ3) is 4.67. The highest BCUT2D eigenvalue weighted by Gasteiger charge is 2.07. The molecule has 0 fully saturated rings. The Labute approximate surface area is 111 Å². The molecule has 0 aliphatic heterocycles. The fourth-order valence-electron chi connectivity index (χ4n) is 1.96. The lowest BCUT2D eigenvalue weighted by Gasteiger charge is -2.13. The Balaban J connectivity index is 2.53. The zero-order valence-corrected chi connectivity index (χ0v) is 12.0. The van der Waals surface area contributed by atoms with E-state index in [2.05, 4.69) is 42.7 Å². The average Bonchev–Trinajstić information content (AvgIpc) is 2.38. The first-order valence-electron chi connectivity index (χ1n) is 6.71. The summed E-state index contributed by atoms with van der Waals surface area (Å²) in [6.07, 6.45) is 1.06. The molecule has 0 atom stereocenters. The van der Waals surface area contributed by atoms with Gasteiger partial charge in [-0.25, -0.2) is 0 Å². The van der Waals surface area contributed by atoms with E-state index in [0.717, 1.165) is 31.8 Å². The number of likely N-dealkylation sites (N-methyl/N-ethyl adjacent to an activating group) is 1. The van der Waals surface area contributed by atoms with E-state index in [1.54, 1.807) is 7.11 Å². The average molecular weight is 250 g/mol. The van der Waals surface area contributed by atoms with Crippen LogP contribution < -0.4 is 15.4 Å². The highest BCUT2D eigenvalue weighted by molar-refractivity contribution is 5.39. The molecule has 0 saturated heterocycles. The van der Waals surface area contributed by atoms with E-state index in [9.17, 15) is 0 Å². The van der Waals surface area contributed by atoms with Gasteiger partial charge in [0.05, 0.1) is 7.11 Å². The molecule has 18 heavy (non-hydrogen) atoms. The van der Waals surface area contributed by atoms with Gasteiger partial charge in [-0.1, -0.05) is 26.0 Å². The van der Waals surface area contributed by atoms with Crippen molar-refractivity contribution in [1.82, 2.24) is 10.6 Å². The highest BCUT2D eigenvalue weighted by atomic mass is 16.5. The minimum Gasteiger partial charge on any atom is -0.496 e. The van der Waals surface area contributed by atoms with E-state index >= 15 is 0 Å². The van der Waals surface area contributed by atoms with Crippen molar-refractivity contribution in [1.29, 1.82) is 0 Å². The number of rotatable bonds is 8. The Morgan fingerprint density at radius 3 is 2.56 bits per heavy atom. The molecule has 1 aromatic carbocycles. The molecule has 0 radical (unpaired) electrons. The summed E-state index contributed by atoms with van der Waals surface area (Å²) in [4.78, 5) is 0. The minimum atomic E-state index is 0.497. The van der Waals surface area contributed by atoms with Gasteiger partial charge in [-0.2, -0.15) is 0 Å². The number of benzene rings is 1. The lowest BCUT2D eigenvalue weighted by molar-refractivity contribution is 0.407. The molecule has 0 aliphatic carbocycles. The van der Waals surface area contributed by atoms with Crippen LogP contribution in [0.2, 0.25) is 0 Å². The first kappa shape index (κ1) is 15.0. The first-order chi connectivity index (χ1) is 8.69. The molecule has 102 valence electrons. The molecule has 3 nitrogen and oxygen atoms in total. The molecule has 0 bridgehead atoms. The standard InChI is InChI=1S/C15H26N2O/c1-12(2)14-11-13(5-6-15(14)18-4)7-8-17-10-9-16-3/h5-6,11-12,16-17H,7-10H2,1-4H3. The molecular formula is C15H26N2O. The summed E-state index contributed by atoms with van der Waals surface area (Å²) < 4.78 is 5.40. The molecule has 0 aromatic heterocycles. The number of hydrogen-bond acceptors (Lipinski definition) is 3. The summed E-state index contributed by atoms with van der Waals surface area (Å²) in [7, 11) is 3.71. The Bertz CT molecular complexity index is 350. The maximum atomic E-state index is 5.40. The second-order valence-corrected chi connectivity index (χ2v) is 4.83. The Kier molecular flexibility index (Phi) is 6.76. The van der Waals surface area contributed by atoms with Crippen LogP contribution >= 0.6 is 0 Å². The van der Waals surface area contributed by atoms with Crippen molar-refractivity contribution in [2.45, 2.75) is 26.2 Å². The van der Waals surface area contributed by atoms with Gasteiger partial charge in [-0.05, 0) is 43.1 Å². The number of methoxy groups -OCH3 is 1. The molecule has 3 heteroatoms. The van der Waals surface area contributed by atoms with Crippen LogP contribution in [0.1, 0.15) is 30.9 Å². The van der Waals surface area contributed by atoms with Crippen LogP contribution in [-0.4, -0.2) is 33.8 Å². The van der Waals surface area contributed by atoms with Crippen LogP contribution in [-0.2, 0) is 6.42 Å². The van der Waals surface area contributed by atoms with E-state index < -0.39 is 0 Å². The van der Waals surface area contributed by atoms with E-state index in [-0.39, 0.29) is 0 Å². The van der Waals surface area contributed by atoms with Gasteiger partial charge in [0.15, 0.2) is 0 Å². The lowest BCUT2D eigenvalue weighted by atomic mass is 9.98. The van der Waals surface area contributed by atoms with E-state index in [1.165, 1.54) is 11.1 Å². The monoisotopic (exact) mass is 250 g/mol. The van der Waals surface area contributed by atoms with E-state index in [4.69, 9.17) is 4.74 Å². The summed E-state index contributed by atoms with van der Waals surface area (Å²) in [6.45, 7) is 7.45. The zero-order valence-electron chi connectivity index (χ0n) is 12.0. The quantitative estimate of drug-likeness (QED) is 0.694. The predicted octanol–water partition coefficient (Wildman–Crippen LogP) is 2.17. The van der Waals surface area contributed by atoms with Crippen LogP contribution in [0, 0.1) is 0 Å². The molecule has 0 spiro atoms. The SMILES string of the molecule is CNCCNCCc1ccc(OC)c(C(C)C)c1. The second-order valence-electron chi connectivity index (χ2n) is 4.83. The third-order valence-corrected chi connectivity index (χ3v) is 3.06. The van der Waals surface area contributed by atoms with Gasteiger partial charge < -0.3 is 15.4 Å². The first-order valence-corrected chi connectivity index (χ1v) is 6.71. The molecule has 1 rings (SSSR count). The van der Waals surface area contributed by atoms with Crippen molar-refractivity contribution in [3.05, 3.63) is 29.3 Å². The van der Waals surface area contributed by atoms with Crippen molar-refractivity contribution >= 4 is 0 Å². The lowest BCUT2D eigenvalue weighted by Crippen LogP contribution is -2.26. The summed E-state index contributed by atoms with van der Waals surface area (Å²) in [5.74, 6) is 1.49. The van der Waals surface area contributed by atoms with Crippen molar-refractivity contribution in [3.63, 3.8) is 0 Å². The molecule has 2 N–H and O–H groups in total. The van der Waals surface area contributed by atoms with Crippen molar-refractivity contribution < 1.29 is 4.74 Å². The third-order valence-electron chi connectivity index (χ3n) is 3.06. The number of hydrogen-bond donors (Lipinski definition) is 2. The predicted molar refractivity (Wildman–Crippen MR) is 77.6 cm³/mol. The topological polar surface area (TPSA) is 33.3 Å². The Hall–Kier alpha value is -1.06. The van der Waals surface area contributed by atoms with E-state index in [1.807, 2.05) is 7.05 Å². The molecule has 0 aliphatic rings. The minimum absolute atomic E-state index is 0.497. The van der Waals surface area contributed by atoms with Crippen LogP contribution in [0.15, 0.2) is 18.2 Å². The second kappa shape index (κ2) is 8.11. The van der Waals surface area contributed by atoms with Crippen molar-refractivity contribution in [3.8, 4) is 5.75 Å². The molecule has 0 saturated carbocycles. The summed E-state index contributed by atoms with van der Waals surface area (Å²) in [6, 6.07) is 6.51. The van der Waals surface area contributed by atoms with Gasteiger partial charge in [0.1, 0.15) is 5.75 Å².